The Morgan fingerprint density at radius 2 is 2.00 bits per heavy atom. The molecule has 0 aromatic carbocycles. The van der Waals surface area contributed by atoms with Gasteiger partial charge in [0.05, 0.1) is 13.0 Å². The summed E-state index contributed by atoms with van der Waals surface area (Å²) in [5.41, 5.74) is -0.504. The highest BCUT2D eigenvalue weighted by Crippen LogP contribution is 2.30. The number of hydrogen-bond donors (Lipinski definition) is 1. The number of thioether (sulfide) groups is 1. The summed E-state index contributed by atoms with van der Waals surface area (Å²) in [6.45, 7) is 5.89. The van der Waals surface area contributed by atoms with Gasteiger partial charge < -0.3 is 14.8 Å². The monoisotopic (exact) mass is 275 g/mol. The second-order valence-electron chi connectivity index (χ2n) is 5.31. The summed E-state index contributed by atoms with van der Waals surface area (Å²) in [5, 5.41) is 2.71. The molecule has 0 aromatic rings. The van der Waals surface area contributed by atoms with Gasteiger partial charge in [0.25, 0.3) is 0 Å². The van der Waals surface area contributed by atoms with Gasteiger partial charge in [-0.05, 0) is 32.4 Å². The molecule has 1 aliphatic heterocycles. The lowest BCUT2D eigenvalue weighted by Gasteiger charge is -2.21. The molecule has 0 aromatic heterocycles. The molecular weight excluding hydrogens is 254 g/mol. The molecule has 2 atom stereocenters. The molecule has 0 radical (unpaired) electrons. The summed E-state index contributed by atoms with van der Waals surface area (Å²) < 4.78 is 9.90. The van der Waals surface area contributed by atoms with Crippen LogP contribution in [0, 0.1) is 11.8 Å². The predicted molar refractivity (Wildman–Crippen MR) is 70.6 cm³/mol. The minimum absolute atomic E-state index is 0.120. The lowest BCUT2D eigenvalue weighted by molar-refractivity contribution is -0.145. The molecule has 1 aliphatic rings. The zero-order chi connectivity index (χ0) is 13.8. The molecular formula is C12H21NO4S. The van der Waals surface area contributed by atoms with Crippen LogP contribution < -0.4 is 5.32 Å². The van der Waals surface area contributed by atoms with Crippen molar-refractivity contribution in [3.63, 3.8) is 0 Å². The summed E-state index contributed by atoms with van der Waals surface area (Å²) in [7, 11) is 1.39. The maximum Gasteiger partial charge on any atom is 0.407 e. The number of esters is 1. The topological polar surface area (TPSA) is 64.6 Å². The molecule has 1 N–H and O–H groups in total. The van der Waals surface area contributed by atoms with Crippen molar-refractivity contribution in [2.24, 2.45) is 11.8 Å². The van der Waals surface area contributed by atoms with Crippen molar-refractivity contribution in [2.75, 3.05) is 25.2 Å². The van der Waals surface area contributed by atoms with Gasteiger partial charge in [-0.15, -0.1) is 0 Å². The van der Waals surface area contributed by atoms with Crippen molar-refractivity contribution in [1.82, 2.24) is 5.32 Å². The Labute approximate surface area is 112 Å². The van der Waals surface area contributed by atoms with E-state index in [4.69, 9.17) is 9.47 Å². The van der Waals surface area contributed by atoms with Gasteiger partial charge in [0.1, 0.15) is 5.60 Å². The number of alkyl carbamates (subject to hydrolysis) is 1. The van der Waals surface area contributed by atoms with E-state index in [9.17, 15) is 9.59 Å². The third kappa shape index (κ3) is 4.76. The molecule has 1 fully saturated rings. The molecule has 0 saturated carbocycles. The molecule has 5 nitrogen and oxygen atoms in total. The second-order valence-corrected chi connectivity index (χ2v) is 6.38. The molecule has 104 valence electrons. The first-order valence-corrected chi connectivity index (χ1v) is 7.11. The molecule has 0 spiro atoms. The lowest BCUT2D eigenvalue weighted by Crippen LogP contribution is -2.38. The van der Waals surface area contributed by atoms with Gasteiger partial charge in [0.15, 0.2) is 0 Å². The smallest absolute Gasteiger partial charge is 0.407 e. The Morgan fingerprint density at radius 1 is 1.33 bits per heavy atom. The van der Waals surface area contributed by atoms with Crippen molar-refractivity contribution >= 4 is 23.8 Å². The van der Waals surface area contributed by atoms with Gasteiger partial charge >= 0.3 is 12.1 Å². The normalized spacial score (nSPS) is 23.6. The van der Waals surface area contributed by atoms with Gasteiger partial charge in [0, 0.05) is 12.3 Å². The summed E-state index contributed by atoms with van der Waals surface area (Å²) >= 11 is 1.71. The predicted octanol–water partition coefficient (Wildman–Crippen LogP) is 1.66. The average Bonchev–Trinajstić information content (AvgIpc) is 2.71. The SMILES string of the molecule is COC(=O)[C@H]1CSC[C@H]1CNC(=O)OC(C)(C)C. The Hall–Kier alpha value is -0.910. The van der Waals surface area contributed by atoms with Gasteiger partial charge in [-0.3, -0.25) is 4.79 Å². The van der Waals surface area contributed by atoms with Crippen molar-refractivity contribution < 1.29 is 19.1 Å². The Bertz CT molecular complexity index is 314. The second kappa shape index (κ2) is 6.31. The number of amides is 1. The molecule has 1 saturated heterocycles. The van der Waals surface area contributed by atoms with Crippen LogP contribution >= 0.6 is 11.8 Å². The minimum atomic E-state index is -0.504. The zero-order valence-corrected chi connectivity index (χ0v) is 12.1. The quantitative estimate of drug-likeness (QED) is 0.794. The minimum Gasteiger partial charge on any atom is -0.469 e. The van der Waals surface area contributed by atoms with E-state index < -0.39 is 11.7 Å². The van der Waals surface area contributed by atoms with E-state index in [1.807, 2.05) is 20.8 Å². The Balaban J connectivity index is 2.38. The van der Waals surface area contributed by atoms with Crippen molar-refractivity contribution in [1.29, 1.82) is 0 Å². The van der Waals surface area contributed by atoms with Crippen LogP contribution in [-0.4, -0.2) is 42.8 Å². The van der Waals surface area contributed by atoms with Crippen LogP contribution in [0.5, 0.6) is 0 Å². The third-order valence-corrected chi connectivity index (χ3v) is 3.87. The number of methoxy groups -OCH3 is 1. The van der Waals surface area contributed by atoms with Crippen LogP contribution in [0.1, 0.15) is 20.8 Å². The average molecular weight is 275 g/mol. The highest BCUT2D eigenvalue weighted by Gasteiger charge is 2.34. The highest BCUT2D eigenvalue weighted by atomic mass is 32.2. The number of ether oxygens (including phenoxy) is 2. The first-order chi connectivity index (χ1) is 8.33. The lowest BCUT2D eigenvalue weighted by atomic mass is 9.96. The van der Waals surface area contributed by atoms with E-state index >= 15 is 0 Å². The number of carbonyl (C=O) groups excluding carboxylic acids is 2. The van der Waals surface area contributed by atoms with Gasteiger partial charge in [0.2, 0.25) is 0 Å². The number of nitrogens with one attached hydrogen (secondary N) is 1. The third-order valence-electron chi connectivity index (χ3n) is 2.61. The first-order valence-electron chi connectivity index (χ1n) is 5.96. The molecule has 18 heavy (non-hydrogen) atoms. The fourth-order valence-corrected chi connectivity index (χ4v) is 3.19. The molecule has 1 heterocycles. The molecule has 6 heteroatoms. The summed E-state index contributed by atoms with van der Waals surface area (Å²) in [6.07, 6.45) is -0.442. The zero-order valence-electron chi connectivity index (χ0n) is 11.3. The fourth-order valence-electron chi connectivity index (χ4n) is 1.74. The molecule has 0 bridgehead atoms. The maximum absolute atomic E-state index is 11.5. The summed E-state index contributed by atoms with van der Waals surface area (Å²) in [6, 6.07) is 0. The van der Waals surface area contributed by atoms with E-state index in [0.29, 0.717) is 6.54 Å². The van der Waals surface area contributed by atoms with Gasteiger partial charge in [-0.1, -0.05) is 0 Å². The van der Waals surface area contributed by atoms with E-state index in [0.717, 1.165) is 11.5 Å². The number of rotatable bonds is 3. The van der Waals surface area contributed by atoms with E-state index in [-0.39, 0.29) is 17.8 Å². The standard InChI is InChI=1S/C12H21NO4S/c1-12(2,3)17-11(15)13-5-8-6-18-7-9(8)10(14)16-4/h8-9H,5-7H2,1-4H3,(H,13,15)/t8-,9+/m1/s1. The van der Waals surface area contributed by atoms with E-state index in [2.05, 4.69) is 5.32 Å². The summed E-state index contributed by atoms with van der Waals surface area (Å²) in [5.74, 6) is 1.41. The first kappa shape index (κ1) is 15.1. The van der Waals surface area contributed by atoms with Gasteiger partial charge in [-0.25, -0.2) is 4.79 Å². The molecule has 1 amide bonds. The van der Waals surface area contributed by atoms with Crippen LogP contribution in [-0.2, 0) is 14.3 Å². The van der Waals surface area contributed by atoms with Crippen molar-refractivity contribution in [3.8, 4) is 0 Å². The fraction of sp³-hybridized carbons (Fsp3) is 0.833. The Kier molecular flexibility index (Phi) is 5.31. The number of carbonyl (C=O) groups is 2. The molecule has 1 rings (SSSR count). The molecule has 0 unspecified atom stereocenters. The molecule has 0 aliphatic carbocycles. The van der Waals surface area contributed by atoms with Gasteiger partial charge in [-0.2, -0.15) is 11.8 Å². The van der Waals surface area contributed by atoms with Crippen LogP contribution in [0.3, 0.4) is 0 Å². The van der Waals surface area contributed by atoms with Crippen LogP contribution in [0.2, 0.25) is 0 Å². The van der Waals surface area contributed by atoms with E-state index in [1.54, 1.807) is 11.8 Å². The largest absolute Gasteiger partial charge is 0.469 e. The number of hydrogen-bond acceptors (Lipinski definition) is 5. The van der Waals surface area contributed by atoms with Crippen LogP contribution in [0.15, 0.2) is 0 Å². The summed E-state index contributed by atoms with van der Waals surface area (Å²) in [4.78, 5) is 23.0. The van der Waals surface area contributed by atoms with Crippen molar-refractivity contribution in [2.45, 2.75) is 26.4 Å². The van der Waals surface area contributed by atoms with Crippen LogP contribution in [0.4, 0.5) is 4.79 Å². The maximum atomic E-state index is 11.5. The highest BCUT2D eigenvalue weighted by molar-refractivity contribution is 7.99. The van der Waals surface area contributed by atoms with E-state index in [1.165, 1.54) is 7.11 Å². The van der Waals surface area contributed by atoms with Crippen molar-refractivity contribution in [3.05, 3.63) is 0 Å². The Morgan fingerprint density at radius 3 is 2.56 bits per heavy atom. The van der Waals surface area contributed by atoms with Crippen LogP contribution in [0.25, 0.3) is 0 Å².